The quantitative estimate of drug-likeness (QED) is 0.861. The number of nitrogens with zero attached hydrogens (tertiary/aromatic N) is 2. The van der Waals surface area contributed by atoms with Crippen LogP contribution in [0.25, 0.3) is 0 Å². The first-order valence-electron chi connectivity index (χ1n) is 7.83. The summed E-state index contributed by atoms with van der Waals surface area (Å²) in [5.74, 6) is 0.664. The van der Waals surface area contributed by atoms with Crippen LogP contribution in [0.2, 0.25) is 0 Å². The zero-order chi connectivity index (χ0) is 14.5. The Morgan fingerprint density at radius 2 is 2.05 bits per heavy atom. The van der Waals surface area contributed by atoms with Crippen LogP contribution in [0.15, 0.2) is 24.3 Å². The highest BCUT2D eigenvalue weighted by atomic mass is 15.2. The van der Waals surface area contributed by atoms with E-state index in [1.807, 2.05) is 0 Å². The molecule has 1 aromatic carbocycles. The molecule has 0 aliphatic carbocycles. The van der Waals surface area contributed by atoms with Gasteiger partial charge in [0, 0.05) is 37.3 Å². The summed E-state index contributed by atoms with van der Waals surface area (Å²) in [6.45, 7) is 9.14. The van der Waals surface area contributed by atoms with Crippen LogP contribution >= 0.6 is 0 Å². The number of hydrogen-bond acceptors (Lipinski definition) is 3. The third-order valence-corrected chi connectivity index (χ3v) is 4.32. The van der Waals surface area contributed by atoms with Crippen molar-refractivity contribution < 1.29 is 0 Å². The van der Waals surface area contributed by atoms with Gasteiger partial charge < -0.3 is 10.2 Å². The minimum absolute atomic E-state index is 0.608. The second-order valence-corrected chi connectivity index (χ2v) is 6.20. The zero-order valence-corrected chi connectivity index (χ0v) is 13.4. The highest BCUT2D eigenvalue weighted by Gasteiger charge is 2.23. The molecule has 112 valence electrons. The Bertz CT molecular complexity index is 416. The monoisotopic (exact) mass is 275 g/mol. The molecule has 2 atom stereocenters. The van der Waals surface area contributed by atoms with E-state index in [1.165, 1.54) is 24.2 Å². The van der Waals surface area contributed by atoms with Crippen LogP contribution in [0.3, 0.4) is 0 Å². The summed E-state index contributed by atoms with van der Waals surface area (Å²) in [5, 5.41) is 3.52. The lowest BCUT2D eigenvalue weighted by Gasteiger charge is -2.35. The van der Waals surface area contributed by atoms with E-state index in [-0.39, 0.29) is 0 Å². The van der Waals surface area contributed by atoms with Gasteiger partial charge in [0.2, 0.25) is 0 Å². The largest absolute Gasteiger partial charge is 0.385 e. The van der Waals surface area contributed by atoms with Gasteiger partial charge in [0.05, 0.1) is 0 Å². The molecule has 2 rings (SSSR count). The minimum Gasteiger partial charge on any atom is -0.385 e. The normalized spacial score (nSPS) is 19.8. The van der Waals surface area contributed by atoms with Gasteiger partial charge in [0.1, 0.15) is 0 Å². The Labute approximate surface area is 124 Å². The molecule has 1 aromatic rings. The fraction of sp³-hybridized carbons (Fsp3) is 0.647. The molecule has 3 nitrogen and oxygen atoms in total. The lowest BCUT2D eigenvalue weighted by atomic mass is 9.90. The van der Waals surface area contributed by atoms with Gasteiger partial charge in [0.15, 0.2) is 0 Å². The third-order valence-electron chi connectivity index (χ3n) is 4.32. The second-order valence-electron chi connectivity index (χ2n) is 6.20. The topological polar surface area (TPSA) is 18.5 Å². The van der Waals surface area contributed by atoms with Gasteiger partial charge in [-0.1, -0.05) is 25.1 Å². The Morgan fingerprint density at radius 1 is 1.30 bits per heavy atom. The van der Waals surface area contributed by atoms with E-state index in [0.29, 0.717) is 12.0 Å². The number of benzene rings is 1. The molecule has 20 heavy (non-hydrogen) atoms. The number of rotatable bonds is 6. The molecule has 0 radical (unpaired) electrons. The van der Waals surface area contributed by atoms with Crippen molar-refractivity contribution in [2.45, 2.75) is 32.2 Å². The molecule has 0 saturated carbocycles. The van der Waals surface area contributed by atoms with Gasteiger partial charge in [-0.05, 0) is 45.6 Å². The highest BCUT2D eigenvalue weighted by molar-refractivity contribution is 5.54. The molecule has 3 heteroatoms. The van der Waals surface area contributed by atoms with Gasteiger partial charge in [-0.15, -0.1) is 0 Å². The first-order valence-corrected chi connectivity index (χ1v) is 7.83. The van der Waals surface area contributed by atoms with E-state index < -0.39 is 0 Å². The van der Waals surface area contributed by atoms with Crippen LogP contribution < -0.4 is 5.32 Å². The average molecular weight is 275 g/mol. The van der Waals surface area contributed by atoms with Gasteiger partial charge in [-0.3, -0.25) is 4.90 Å². The second kappa shape index (κ2) is 7.09. The number of para-hydroxylation sites is 1. The van der Waals surface area contributed by atoms with Crippen LogP contribution in [0.1, 0.15) is 31.7 Å². The van der Waals surface area contributed by atoms with E-state index in [0.717, 1.165) is 19.6 Å². The number of nitrogens with one attached hydrogen (secondary N) is 1. The third kappa shape index (κ3) is 3.74. The van der Waals surface area contributed by atoms with E-state index in [2.05, 4.69) is 67.3 Å². The molecule has 1 aliphatic heterocycles. The van der Waals surface area contributed by atoms with Crippen molar-refractivity contribution in [2.24, 2.45) is 0 Å². The lowest BCUT2D eigenvalue weighted by molar-refractivity contribution is 0.170. The zero-order valence-electron chi connectivity index (χ0n) is 13.4. The SMILES string of the molecule is CCN(CC1CCNc2ccccc21)C(C)CN(C)C. The Morgan fingerprint density at radius 3 is 2.75 bits per heavy atom. The molecule has 1 N–H and O–H groups in total. The summed E-state index contributed by atoms with van der Waals surface area (Å²) in [6, 6.07) is 9.40. The van der Waals surface area contributed by atoms with Crippen molar-refractivity contribution in [1.82, 2.24) is 9.80 Å². The minimum atomic E-state index is 0.608. The standard InChI is InChI=1S/C17H29N3/c1-5-20(14(2)12-19(3)4)13-15-10-11-18-17-9-7-6-8-16(15)17/h6-9,14-15,18H,5,10-13H2,1-4H3. The van der Waals surface area contributed by atoms with Crippen LogP contribution in [0, 0.1) is 0 Å². The van der Waals surface area contributed by atoms with Crippen molar-refractivity contribution in [3.8, 4) is 0 Å². The van der Waals surface area contributed by atoms with Crippen molar-refractivity contribution in [3.63, 3.8) is 0 Å². The summed E-state index contributed by atoms with van der Waals surface area (Å²) >= 11 is 0. The molecular weight excluding hydrogens is 246 g/mol. The maximum absolute atomic E-state index is 3.52. The first-order chi connectivity index (χ1) is 9.61. The predicted molar refractivity (Wildman–Crippen MR) is 87.6 cm³/mol. The van der Waals surface area contributed by atoms with Crippen LogP contribution in [0.4, 0.5) is 5.69 Å². The average Bonchev–Trinajstić information content (AvgIpc) is 2.44. The molecule has 1 aliphatic rings. The summed E-state index contributed by atoms with van der Waals surface area (Å²) in [6.07, 6.45) is 1.24. The maximum Gasteiger partial charge on any atom is 0.0376 e. The van der Waals surface area contributed by atoms with Crippen molar-refractivity contribution in [1.29, 1.82) is 0 Å². The van der Waals surface area contributed by atoms with E-state index >= 15 is 0 Å². The van der Waals surface area contributed by atoms with E-state index in [9.17, 15) is 0 Å². The molecule has 2 unspecified atom stereocenters. The van der Waals surface area contributed by atoms with Crippen molar-refractivity contribution in [3.05, 3.63) is 29.8 Å². The van der Waals surface area contributed by atoms with Crippen LogP contribution in [0.5, 0.6) is 0 Å². The van der Waals surface area contributed by atoms with Crippen molar-refractivity contribution >= 4 is 5.69 Å². The van der Waals surface area contributed by atoms with Crippen LogP contribution in [-0.4, -0.2) is 56.1 Å². The molecule has 1 heterocycles. The summed E-state index contributed by atoms with van der Waals surface area (Å²) < 4.78 is 0. The lowest BCUT2D eigenvalue weighted by Crippen LogP contribution is -2.42. The van der Waals surface area contributed by atoms with E-state index in [4.69, 9.17) is 0 Å². The molecule has 0 aromatic heterocycles. The number of hydrogen-bond donors (Lipinski definition) is 1. The smallest absolute Gasteiger partial charge is 0.0376 e. The highest BCUT2D eigenvalue weighted by Crippen LogP contribution is 2.32. The molecule has 0 saturated heterocycles. The van der Waals surface area contributed by atoms with Gasteiger partial charge in [0.25, 0.3) is 0 Å². The fourth-order valence-electron chi connectivity index (χ4n) is 3.29. The van der Waals surface area contributed by atoms with Crippen molar-refractivity contribution in [2.75, 3.05) is 45.6 Å². The number of anilines is 1. The fourth-order valence-corrected chi connectivity index (χ4v) is 3.29. The molecular formula is C17H29N3. The number of fused-ring (bicyclic) bond motifs is 1. The summed E-state index contributed by atoms with van der Waals surface area (Å²) in [5.41, 5.74) is 2.83. The van der Waals surface area contributed by atoms with Crippen LogP contribution in [-0.2, 0) is 0 Å². The first kappa shape index (κ1) is 15.3. The molecule has 0 fully saturated rings. The van der Waals surface area contributed by atoms with Gasteiger partial charge in [-0.25, -0.2) is 0 Å². The number of likely N-dealkylation sites (N-methyl/N-ethyl adjacent to an activating group) is 2. The Kier molecular flexibility index (Phi) is 5.44. The maximum atomic E-state index is 3.52. The summed E-state index contributed by atoms with van der Waals surface area (Å²) in [4.78, 5) is 4.90. The molecule has 0 amide bonds. The summed E-state index contributed by atoms with van der Waals surface area (Å²) in [7, 11) is 4.31. The van der Waals surface area contributed by atoms with Gasteiger partial charge >= 0.3 is 0 Å². The predicted octanol–water partition coefficient (Wildman–Crippen LogP) is 2.86. The molecule has 0 bridgehead atoms. The Balaban J connectivity index is 2.05. The Hall–Kier alpha value is -1.06. The molecule has 0 spiro atoms. The van der Waals surface area contributed by atoms with E-state index in [1.54, 1.807) is 0 Å². The van der Waals surface area contributed by atoms with Gasteiger partial charge in [-0.2, -0.15) is 0 Å².